The second-order valence-electron chi connectivity index (χ2n) is 5.88. The van der Waals surface area contributed by atoms with Crippen LogP contribution in [0.25, 0.3) is 11.1 Å². The van der Waals surface area contributed by atoms with Crippen molar-refractivity contribution in [1.82, 2.24) is 0 Å². The molecule has 2 rings (SSSR count). The standard InChI is InChI=1S/C18H19FO4/c1-11(17(20)21)23-14-6-4-5-12(9-14)15-8-7-13(10-16(15)19)18(2,3)22/h4-11,22H,1-3H3,(H,20,21). The van der Waals surface area contributed by atoms with Crippen molar-refractivity contribution in [3.63, 3.8) is 0 Å². The first-order chi connectivity index (χ1) is 10.7. The third-order valence-electron chi connectivity index (χ3n) is 3.48. The highest BCUT2D eigenvalue weighted by Crippen LogP contribution is 2.30. The van der Waals surface area contributed by atoms with Gasteiger partial charge in [0.2, 0.25) is 0 Å². The third-order valence-corrected chi connectivity index (χ3v) is 3.48. The number of benzene rings is 2. The number of carboxylic acid groups (broad SMARTS) is 1. The number of aliphatic hydroxyl groups is 1. The fourth-order valence-electron chi connectivity index (χ4n) is 2.12. The molecule has 5 heteroatoms. The van der Waals surface area contributed by atoms with Crippen molar-refractivity contribution in [2.75, 3.05) is 0 Å². The Bertz CT molecular complexity index is 719. The van der Waals surface area contributed by atoms with Gasteiger partial charge in [-0.3, -0.25) is 0 Å². The molecule has 0 saturated carbocycles. The minimum absolute atomic E-state index is 0.350. The van der Waals surface area contributed by atoms with Crippen LogP contribution in [0.5, 0.6) is 5.75 Å². The van der Waals surface area contributed by atoms with Gasteiger partial charge >= 0.3 is 5.97 Å². The van der Waals surface area contributed by atoms with E-state index in [1.807, 2.05) is 0 Å². The highest BCUT2D eigenvalue weighted by molar-refractivity contribution is 5.72. The molecule has 0 amide bonds. The Morgan fingerprint density at radius 2 is 1.91 bits per heavy atom. The van der Waals surface area contributed by atoms with Crippen molar-refractivity contribution >= 4 is 5.97 Å². The lowest BCUT2D eigenvalue weighted by Gasteiger charge is -2.18. The summed E-state index contributed by atoms with van der Waals surface area (Å²) >= 11 is 0. The topological polar surface area (TPSA) is 66.8 Å². The molecule has 2 aromatic carbocycles. The Morgan fingerprint density at radius 3 is 2.48 bits per heavy atom. The Balaban J connectivity index is 2.34. The first-order valence-electron chi connectivity index (χ1n) is 7.21. The second kappa shape index (κ2) is 6.38. The molecular weight excluding hydrogens is 299 g/mol. The van der Waals surface area contributed by atoms with Crippen LogP contribution in [-0.2, 0) is 10.4 Å². The quantitative estimate of drug-likeness (QED) is 0.884. The summed E-state index contributed by atoms with van der Waals surface area (Å²) < 4.78 is 19.6. The molecule has 1 atom stereocenters. The first-order valence-corrected chi connectivity index (χ1v) is 7.21. The van der Waals surface area contributed by atoms with E-state index in [2.05, 4.69) is 0 Å². The summed E-state index contributed by atoms with van der Waals surface area (Å²) in [5.41, 5.74) is 0.276. The van der Waals surface area contributed by atoms with Gasteiger partial charge in [0.05, 0.1) is 5.60 Å². The maximum Gasteiger partial charge on any atom is 0.344 e. The van der Waals surface area contributed by atoms with Gasteiger partial charge < -0.3 is 14.9 Å². The van der Waals surface area contributed by atoms with Crippen LogP contribution in [0.1, 0.15) is 26.3 Å². The van der Waals surface area contributed by atoms with E-state index in [1.165, 1.54) is 13.0 Å². The van der Waals surface area contributed by atoms with E-state index in [1.54, 1.807) is 50.2 Å². The summed E-state index contributed by atoms with van der Waals surface area (Å²) in [7, 11) is 0. The number of carboxylic acids is 1. The van der Waals surface area contributed by atoms with Gasteiger partial charge in [0.15, 0.2) is 6.10 Å². The van der Waals surface area contributed by atoms with E-state index in [4.69, 9.17) is 9.84 Å². The zero-order valence-electron chi connectivity index (χ0n) is 13.2. The van der Waals surface area contributed by atoms with Crippen molar-refractivity contribution in [2.45, 2.75) is 32.5 Å². The predicted octanol–water partition coefficient (Wildman–Crippen LogP) is 3.57. The number of ether oxygens (including phenoxy) is 1. The average molecular weight is 318 g/mol. The highest BCUT2D eigenvalue weighted by atomic mass is 19.1. The predicted molar refractivity (Wildman–Crippen MR) is 84.8 cm³/mol. The van der Waals surface area contributed by atoms with Crippen molar-refractivity contribution < 1.29 is 24.1 Å². The molecule has 122 valence electrons. The van der Waals surface area contributed by atoms with E-state index in [0.717, 1.165) is 0 Å². The smallest absolute Gasteiger partial charge is 0.344 e. The number of hydrogen-bond acceptors (Lipinski definition) is 3. The minimum Gasteiger partial charge on any atom is -0.479 e. The van der Waals surface area contributed by atoms with E-state index in [0.29, 0.717) is 22.4 Å². The minimum atomic E-state index is -1.12. The summed E-state index contributed by atoms with van der Waals surface area (Å²) in [6.45, 7) is 4.60. The Hall–Kier alpha value is -2.40. The van der Waals surface area contributed by atoms with Crippen LogP contribution >= 0.6 is 0 Å². The number of rotatable bonds is 5. The van der Waals surface area contributed by atoms with Crippen LogP contribution in [-0.4, -0.2) is 22.3 Å². The van der Waals surface area contributed by atoms with Crippen LogP contribution in [0.3, 0.4) is 0 Å². The highest BCUT2D eigenvalue weighted by Gasteiger charge is 2.18. The molecule has 23 heavy (non-hydrogen) atoms. The molecule has 0 saturated heterocycles. The molecule has 0 radical (unpaired) electrons. The number of carbonyl (C=O) groups is 1. The molecule has 4 nitrogen and oxygen atoms in total. The average Bonchev–Trinajstić information content (AvgIpc) is 2.46. The molecule has 0 aliphatic carbocycles. The molecule has 2 aromatic rings. The lowest BCUT2D eigenvalue weighted by atomic mass is 9.95. The summed E-state index contributed by atoms with van der Waals surface area (Å²) in [6, 6.07) is 11.1. The molecule has 0 spiro atoms. The Labute approximate surface area is 134 Å². The van der Waals surface area contributed by atoms with Crippen LogP contribution in [0, 0.1) is 5.82 Å². The van der Waals surface area contributed by atoms with E-state index in [9.17, 15) is 14.3 Å². The molecule has 0 heterocycles. The van der Waals surface area contributed by atoms with Crippen molar-refractivity contribution in [3.8, 4) is 16.9 Å². The van der Waals surface area contributed by atoms with Gasteiger partial charge in [-0.1, -0.05) is 24.3 Å². The van der Waals surface area contributed by atoms with E-state index >= 15 is 0 Å². The zero-order chi connectivity index (χ0) is 17.2. The first kappa shape index (κ1) is 17.0. The van der Waals surface area contributed by atoms with Crippen LogP contribution in [0.2, 0.25) is 0 Å². The van der Waals surface area contributed by atoms with E-state index in [-0.39, 0.29) is 0 Å². The number of aliphatic carboxylic acids is 1. The Morgan fingerprint density at radius 1 is 1.22 bits per heavy atom. The van der Waals surface area contributed by atoms with Gasteiger partial charge in [0.25, 0.3) is 0 Å². The van der Waals surface area contributed by atoms with Crippen LogP contribution in [0.15, 0.2) is 42.5 Å². The van der Waals surface area contributed by atoms with Crippen LogP contribution in [0.4, 0.5) is 4.39 Å². The van der Waals surface area contributed by atoms with Crippen molar-refractivity contribution in [1.29, 1.82) is 0 Å². The second-order valence-corrected chi connectivity index (χ2v) is 5.88. The fraction of sp³-hybridized carbons (Fsp3) is 0.278. The van der Waals surface area contributed by atoms with Gasteiger partial charge in [-0.25, -0.2) is 9.18 Å². The van der Waals surface area contributed by atoms with Gasteiger partial charge in [0.1, 0.15) is 11.6 Å². The normalized spacial score (nSPS) is 12.7. The molecule has 1 unspecified atom stereocenters. The molecular formula is C18H19FO4. The molecule has 0 aliphatic rings. The fourth-order valence-corrected chi connectivity index (χ4v) is 2.12. The lowest BCUT2D eigenvalue weighted by Crippen LogP contribution is -2.22. The largest absolute Gasteiger partial charge is 0.479 e. The molecule has 2 N–H and O–H groups in total. The summed E-state index contributed by atoms with van der Waals surface area (Å²) in [5.74, 6) is -1.19. The molecule has 0 bridgehead atoms. The zero-order valence-corrected chi connectivity index (χ0v) is 13.2. The third kappa shape index (κ3) is 4.07. The molecule has 0 aromatic heterocycles. The van der Waals surface area contributed by atoms with Crippen molar-refractivity contribution in [2.24, 2.45) is 0 Å². The summed E-state index contributed by atoms with van der Waals surface area (Å²) in [4.78, 5) is 10.8. The van der Waals surface area contributed by atoms with Gasteiger partial charge in [0, 0.05) is 5.56 Å². The summed E-state index contributed by atoms with van der Waals surface area (Å²) in [5, 5.41) is 18.8. The SMILES string of the molecule is CC(Oc1cccc(-c2ccc(C(C)(C)O)cc2F)c1)C(=O)O. The van der Waals surface area contributed by atoms with Gasteiger partial charge in [-0.15, -0.1) is 0 Å². The monoisotopic (exact) mass is 318 g/mol. The van der Waals surface area contributed by atoms with Gasteiger partial charge in [-0.2, -0.15) is 0 Å². The number of halogens is 1. The van der Waals surface area contributed by atoms with Crippen LogP contribution < -0.4 is 4.74 Å². The van der Waals surface area contributed by atoms with Crippen molar-refractivity contribution in [3.05, 3.63) is 53.8 Å². The molecule has 0 aliphatic heterocycles. The molecule has 0 fully saturated rings. The number of hydrogen-bond donors (Lipinski definition) is 2. The lowest BCUT2D eigenvalue weighted by molar-refractivity contribution is -0.144. The maximum absolute atomic E-state index is 14.3. The maximum atomic E-state index is 14.3. The Kier molecular flexibility index (Phi) is 4.71. The van der Waals surface area contributed by atoms with E-state index < -0.39 is 23.5 Å². The summed E-state index contributed by atoms with van der Waals surface area (Å²) in [6.07, 6.45) is -0.993. The van der Waals surface area contributed by atoms with Gasteiger partial charge in [-0.05, 0) is 50.1 Å².